The molecule has 1 fully saturated rings. The smallest absolute Gasteiger partial charge is 0.331 e. The fourth-order valence-corrected chi connectivity index (χ4v) is 6.04. The van der Waals surface area contributed by atoms with Crippen LogP contribution in [0, 0.1) is 0 Å². The molecule has 0 spiro atoms. The number of rotatable bonds is 8. The van der Waals surface area contributed by atoms with E-state index >= 15 is 0 Å². The zero-order valence-electron chi connectivity index (χ0n) is 22.3. The lowest BCUT2D eigenvalue weighted by molar-refractivity contribution is -0.163. The SMILES string of the molecule is CC1(C)N2Cc3[nH]c4ccccc4c3C[C@H]2C(=O)N1[C@@H](COCc1ccccc1)C(=O)OCc1ccccc1. The zero-order valence-corrected chi connectivity index (χ0v) is 22.3. The molecular formula is C32H33N3O4. The minimum absolute atomic E-state index is 0.0481. The van der Waals surface area contributed by atoms with E-state index in [4.69, 9.17) is 9.47 Å². The van der Waals surface area contributed by atoms with Crippen LogP contribution in [0.2, 0.25) is 0 Å². The van der Waals surface area contributed by atoms with E-state index in [0.717, 1.165) is 27.7 Å². The molecule has 4 aromatic rings. The first-order valence-corrected chi connectivity index (χ1v) is 13.4. The molecule has 7 heteroatoms. The Morgan fingerprint density at radius 2 is 1.59 bits per heavy atom. The zero-order chi connectivity index (χ0) is 27.0. The average molecular weight is 524 g/mol. The second-order valence-electron chi connectivity index (χ2n) is 10.8. The third-order valence-electron chi connectivity index (χ3n) is 8.01. The summed E-state index contributed by atoms with van der Waals surface area (Å²) in [4.78, 5) is 35.1. The highest BCUT2D eigenvalue weighted by Crippen LogP contribution is 2.41. The summed E-state index contributed by atoms with van der Waals surface area (Å²) in [6, 6.07) is 26.4. The number of nitrogens with one attached hydrogen (secondary N) is 1. The van der Waals surface area contributed by atoms with E-state index in [2.05, 4.69) is 22.0 Å². The number of H-pyrrole nitrogens is 1. The monoisotopic (exact) mass is 523 g/mol. The van der Waals surface area contributed by atoms with Gasteiger partial charge in [-0.1, -0.05) is 78.9 Å². The van der Waals surface area contributed by atoms with E-state index in [-0.39, 0.29) is 25.2 Å². The molecule has 2 atom stereocenters. The Labute approximate surface area is 228 Å². The van der Waals surface area contributed by atoms with Gasteiger partial charge < -0.3 is 19.4 Å². The molecule has 0 saturated carbocycles. The van der Waals surface area contributed by atoms with E-state index in [1.165, 1.54) is 5.56 Å². The van der Waals surface area contributed by atoms with Gasteiger partial charge in [0.1, 0.15) is 6.61 Å². The second-order valence-corrected chi connectivity index (χ2v) is 10.8. The number of aromatic amines is 1. The summed E-state index contributed by atoms with van der Waals surface area (Å²) in [5.41, 5.74) is 4.57. The van der Waals surface area contributed by atoms with Gasteiger partial charge in [0, 0.05) is 23.1 Å². The molecule has 2 aliphatic rings. The number of fused-ring (bicyclic) bond motifs is 4. The fourth-order valence-electron chi connectivity index (χ4n) is 6.04. The summed E-state index contributed by atoms with van der Waals surface area (Å²) in [6.07, 6.45) is 0.592. The van der Waals surface area contributed by atoms with Gasteiger partial charge in [-0.2, -0.15) is 0 Å². The number of carbonyl (C=O) groups excluding carboxylic acids is 2. The summed E-state index contributed by atoms with van der Waals surface area (Å²) in [7, 11) is 0. The average Bonchev–Trinajstić information content (AvgIpc) is 3.41. The number of benzene rings is 3. The van der Waals surface area contributed by atoms with Crippen LogP contribution in [0.25, 0.3) is 10.9 Å². The number of aromatic nitrogens is 1. The van der Waals surface area contributed by atoms with Crippen molar-refractivity contribution in [3.05, 3.63) is 107 Å². The third-order valence-corrected chi connectivity index (χ3v) is 8.01. The molecule has 0 aliphatic carbocycles. The molecule has 200 valence electrons. The van der Waals surface area contributed by atoms with E-state index in [0.29, 0.717) is 19.6 Å². The summed E-state index contributed by atoms with van der Waals surface area (Å²) in [5, 5.41) is 1.15. The Kier molecular flexibility index (Phi) is 6.71. The number of amides is 1. The molecule has 0 bridgehead atoms. The fraction of sp³-hybridized carbons (Fsp3) is 0.312. The molecule has 39 heavy (non-hydrogen) atoms. The molecule has 0 unspecified atom stereocenters. The predicted molar refractivity (Wildman–Crippen MR) is 148 cm³/mol. The van der Waals surface area contributed by atoms with Gasteiger partial charge in [-0.05, 0) is 43.0 Å². The van der Waals surface area contributed by atoms with Gasteiger partial charge in [0.25, 0.3) is 0 Å². The van der Waals surface area contributed by atoms with Crippen molar-refractivity contribution in [1.82, 2.24) is 14.8 Å². The normalized spacial score (nSPS) is 19.1. The molecule has 3 aromatic carbocycles. The van der Waals surface area contributed by atoms with Gasteiger partial charge in [0.05, 0.1) is 24.9 Å². The van der Waals surface area contributed by atoms with Crippen LogP contribution < -0.4 is 0 Å². The summed E-state index contributed by atoms with van der Waals surface area (Å²) in [5.74, 6) is -0.530. The van der Waals surface area contributed by atoms with Crippen molar-refractivity contribution >= 4 is 22.8 Å². The number of nitrogens with zero attached hydrogens (tertiary/aromatic N) is 2. The lowest BCUT2D eigenvalue weighted by Gasteiger charge is -2.42. The van der Waals surface area contributed by atoms with Crippen molar-refractivity contribution < 1.29 is 19.1 Å². The third kappa shape index (κ3) is 4.73. The van der Waals surface area contributed by atoms with Crippen molar-refractivity contribution in [2.24, 2.45) is 0 Å². The highest BCUT2D eigenvalue weighted by atomic mass is 16.5. The van der Waals surface area contributed by atoms with Gasteiger partial charge in [0.2, 0.25) is 5.91 Å². The van der Waals surface area contributed by atoms with Gasteiger partial charge in [-0.15, -0.1) is 0 Å². The highest BCUT2D eigenvalue weighted by molar-refractivity contribution is 5.92. The van der Waals surface area contributed by atoms with E-state index in [1.54, 1.807) is 4.90 Å². The lowest BCUT2D eigenvalue weighted by atomic mass is 9.96. The Morgan fingerprint density at radius 3 is 2.31 bits per heavy atom. The first-order chi connectivity index (χ1) is 18.9. The Hall–Kier alpha value is -3.94. The first-order valence-electron chi connectivity index (χ1n) is 13.4. The largest absolute Gasteiger partial charge is 0.459 e. The maximum absolute atomic E-state index is 14.1. The van der Waals surface area contributed by atoms with Crippen molar-refractivity contribution in [3.8, 4) is 0 Å². The second kappa shape index (κ2) is 10.3. The van der Waals surface area contributed by atoms with Crippen LogP contribution in [0.1, 0.15) is 36.2 Å². The molecular weight excluding hydrogens is 490 g/mol. The predicted octanol–water partition coefficient (Wildman–Crippen LogP) is 4.80. The molecule has 1 saturated heterocycles. The van der Waals surface area contributed by atoms with Gasteiger partial charge in [-0.25, -0.2) is 4.79 Å². The lowest BCUT2D eigenvalue weighted by Crippen LogP contribution is -2.57. The van der Waals surface area contributed by atoms with Gasteiger partial charge in [0.15, 0.2) is 6.04 Å². The van der Waals surface area contributed by atoms with Gasteiger partial charge in [-0.3, -0.25) is 9.69 Å². The topological polar surface area (TPSA) is 74.9 Å². The number of ether oxygens (including phenoxy) is 2. The van der Waals surface area contributed by atoms with Crippen LogP contribution in [-0.4, -0.2) is 51.0 Å². The minimum atomic E-state index is -0.874. The van der Waals surface area contributed by atoms with Crippen molar-refractivity contribution in [2.75, 3.05) is 6.61 Å². The number of hydrogen-bond donors (Lipinski definition) is 1. The summed E-state index contributed by atoms with van der Waals surface area (Å²) < 4.78 is 11.8. The first kappa shape index (κ1) is 25.3. The van der Waals surface area contributed by atoms with Crippen molar-refractivity contribution in [2.45, 2.75) is 57.8 Å². The van der Waals surface area contributed by atoms with Crippen molar-refractivity contribution in [3.63, 3.8) is 0 Å². The van der Waals surface area contributed by atoms with Crippen LogP contribution in [0.4, 0.5) is 0 Å². The number of hydrogen-bond acceptors (Lipinski definition) is 5. The minimum Gasteiger partial charge on any atom is -0.459 e. The quantitative estimate of drug-likeness (QED) is 0.336. The molecule has 2 aliphatic heterocycles. The molecule has 0 radical (unpaired) electrons. The van der Waals surface area contributed by atoms with E-state index < -0.39 is 17.7 Å². The van der Waals surface area contributed by atoms with Crippen LogP contribution in [0.3, 0.4) is 0 Å². The maximum Gasteiger partial charge on any atom is 0.331 e. The number of carbonyl (C=O) groups is 2. The van der Waals surface area contributed by atoms with Crippen LogP contribution in [-0.2, 0) is 45.2 Å². The molecule has 1 amide bonds. The van der Waals surface area contributed by atoms with E-state index in [1.807, 2.05) is 86.6 Å². The Balaban J connectivity index is 1.26. The summed E-state index contributed by atoms with van der Waals surface area (Å²) >= 11 is 0. The summed E-state index contributed by atoms with van der Waals surface area (Å²) in [6.45, 7) is 5.14. The molecule has 1 aromatic heterocycles. The molecule has 3 heterocycles. The van der Waals surface area contributed by atoms with Crippen LogP contribution in [0.15, 0.2) is 84.9 Å². The standard InChI is InChI=1S/C32H33N3O4/c1-32(2)34-18-27-25(24-15-9-10-16-26(24)33-27)17-28(34)30(36)35(32)29(21-38-19-22-11-5-3-6-12-22)31(37)39-20-23-13-7-4-8-14-23/h3-16,28-29,33H,17-21H2,1-2H3/t28-,29-/m0/s1. The van der Waals surface area contributed by atoms with Gasteiger partial charge >= 0.3 is 5.97 Å². The van der Waals surface area contributed by atoms with Crippen LogP contribution >= 0.6 is 0 Å². The molecule has 7 nitrogen and oxygen atoms in total. The Morgan fingerprint density at radius 1 is 0.949 bits per heavy atom. The number of esters is 1. The van der Waals surface area contributed by atoms with Crippen molar-refractivity contribution in [1.29, 1.82) is 0 Å². The molecule has 6 rings (SSSR count). The maximum atomic E-state index is 14.1. The number of para-hydroxylation sites is 1. The Bertz CT molecular complexity index is 1480. The van der Waals surface area contributed by atoms with Crippen LogP contribution in [0.5, 0.6) is 0 Å². The van der Waals surface area contributed by atoms with E-state index in [9.17, 15) is 9.59 Å². The highest BCUT2D eigenvalue weighted by Gasteiger charge is 2.56. The molecule has 1 N–H and O–H groups in total.